The van der Waals surface area contributed by atoms with Crippen LogP contribution in [0.3, 0.4) is 0 Å². The number of hydrogen-bond acceptors (Lipinski definition) is 3. The Kier molecular flexibility index (Phi) is 11.5. The highest BCUT2D eigenvalue weighted by atomic mass is 79.9. The fourth-order valence-electron chi connectivity index (χ4n) is 3.36. The van der Waals surface area contributed by atoms with E-state index in [9.17, 15) is 0 Å². The fraction of sp³-hybridized carbons (Fsp3) is 0.310. The molecule has 3 aromatic rings. The first-order chi connectivity index (χ1) is 16.3. The van der Waals surface area contributed by atoms with Crippen LogP contribution in [0.4, 0.5) is 0 Å². The van der Waals surface area contributed by atoms with Gasteiger partial charge in [-0.15, -0.1) is 0 Å². The molecule has 0 aliphatic carbocycles. The molecule has 0 aromatic heterocycles. The number of hydrogen-bond donors (Lipinski definition) is 0. The number of halogens is 1. The normalized spacial score (nSPS) is 10.9. The molecule has 0 fully saturated rings. The number of unbranched alkanes of at least 4 members (excludes halogenated alkanes) is 2. The van der Waals surface area contributed by atoms with E-state index in [0.717, 1.165) is 66.7 Å². The second kappa shape index (κ2) is 15.2. The van der Waals surface area contributed by atoms with Crippen LogP contribution in [0, 0.1) is 0 Å². The van der Waals surface area contributed by atoms with Crippen molar-refractivity contribution < 1.29 is 14.2 Å². The molecule has 4 heteroatoms. The van der Waals surface area contributed by atoms with Crippen LogP contribution in [0.1, 0.15) is 42.4 Å². The number of rotatable bonds is 15. The van der Waals surface area contributed by atoms with E-state index >= 15 is 0 Å². The molecule has 0 heterocycles. The minimum Gasteiger partial charge on any atom is -0.502 e. The maximum atomic E-state index is 6.11. The number of benzene rings is 3. The lowest BCUT2D eigenvalue weighted by Crippen LogP contribution is -1.99. The quantitative estimate of drug-likeness (QED) is 0.119. The van der Waals surface area contributed by atoms with Crippen LogP contribution in [0.5, 0.6) is 11.5 Å². The van der Waals surface area contributed by atoms with Crippen molar-refractivity contribution in [1.29, 1.82) is 0 Å². The second-order valence-electron chi connectivity index (χ2n) is 7.89. The number of ether oxygens (including phenoxy) is 3. The van der Waals surface area contributed by atoms with Gasteiger partial charge in [-0.05, 0) is 67.0 Å². The average Bonchev–Trinajstić information content (AvgIpc) is 2.86. The molecular formula is C29H33BrO3. The summed E-state index contributed by atoms with van der Waals surface area (Å²) in [7, 11) is 0. The van der Waals surface area contributed by atoms with Crippen molar-refractivity contribution in [2.45, 2.75) is 45.3 Å². The Labute approximate surface area is 206 Å². The van der Waals surface area contributed by atoms with Gasteiger partial charge in [0.15, 0.2) is 0 Å². The van der Waals surface area contributed by atoms with Crippen LogP contribution in [-0.4, -0.2) is 11.9 Å². The van der Waals surface area contributed by atoms with Gasteiger partial charge in [-0.2, -0.15) is 0 Å². The molecular weight excluding hydrogens is 476 g/mol. The Hall–Kier alpha value is -2.72. The largest absolute Gasteiger partial charge is 0.502 e. The van der Waals surface area contributed by atoms with Gasteiger partial charge < -0.3 is 14.2 Å². The van der Waals surface area contributed by atoms with E-state index in [1.54, 1.807) is 0 Å². The highest BCUT2D eigenvalue weighted by Crippen LogP contribution is 2.26. The third kappa shape index (κ3) is 10.2. The molecule has 174 valence electrons. The summed E-state index contributed by atoms with van der Waals surface area (Å²) in [5.41, 5.74) is 3.54. The van der Waals surface area contributed by atoms with Crippen molar-refractivity contribution >= 4 is 15.9 Å². The first-order valence-corrected chi connectivity index (χ1v) is 12.8. The summed E-state index contributed by atoms with van der Waals surface area (Å²) in [5.74, 6) is 1.69. The van der Waals surface area contributed by atoms with E-state index in [1.165, 1.54) is 5.56 Å². The maximum absolute atomic E-state index is 6.11. The lowest BCUT2D eigenvalue weighted by Gasteiger charge is -2.13. The van der Waals surface area contributed by atoms with Crippen LogP contribution >= 0.6 is 15.9 Å². The van der Waals surface area contributed by atoms with Crippen molar-refractivity contribution in [3.05, 3.63) is 108 Å². The zero-order valence-corrected chi connectivity index (χ0v) is 20.7. The van der Waals surface area contributed by atoms with Gasteiger partial charge >= 0.3 is 0 Å². The molecule has 0 saturated heterocycles. The maximum Gasteiger partial charge on any atom is 0.123 e. The molecule has 0 N–H and O–H groups in total. The molecule has 3 rings (SSSR count). The summed E-state index contributed by atoms with van der Waals surface area (Å²) in [6.45, 7) is 1.86. The second-order valence-corrected chi connectivity index (χ2v) is 8.69. The van der Waals surface area contributed by atoms with Gasteiger partial charge in [0.1, 0.15) is 24.7 Å². The SMILES string of the molecule is BrCCCOC=CCCCCc1cc(OCc2ccccc2)cc(OCc2ccccc2)c1. The molecule has 33 heavy (non-hydrogen) atoms. The Morgan fingerprint density at radius 1 is 0.667 bits per heavy atom. The molecule has 0 saturated carbocycles. The standard InChI is InChI=1S/C29H33BrO3/c30-17-11-19-31-18-10-2-1-5-16-27-20-28(32-23-25-12-6-3-7-13-25)22-29(21-27)33-24-26-14-8-4-9-15-26/h3-4,6-10,12-15,18,20-22H,1-2,5,11,16-17,19,23-24H2. The molecule has 3 nitrogen and oxygen atoms in total. The third-order valence-corrected chi connectivity index (χ3v) is 5.67. The predicted molar refractivity (Wildman–Crippen MR) is 139 cm³/mol. The summed E-state index contributed by atoms with van der Waals surface area (Å²) < 4.78 is 17.7. The average molecular weight is 509 g/mol. The highest BCUT2D eigenvalue weighted by molar-refractivity contribution is 9.09. The van der Waals surface area contributed by atoms with Crippen molar-refractivity contribution in [3.63, 3.8) is 0 Å². The molecule has 0 radical (unpaired) electrons. The van der Waals surface area contributed by atoms with Gasteiger partial charge in [0, 0.05) is 11.4 Å². The summed E-state index contributed by atoms with van der Waals surface area (Å²) >= 11 is 3.41. The van der Waals surface area contributed by atoms with E-state index in [4.69, 9.17) is 14.2 Å². The Morgan fingerprint density at radius 2 is 1.27 bits per heavy atom. The van der Waals surface area contributed by atoms with E-state index in [0.29, 0.717) is 13.2 Å². The summed E-state index contributed by atoms with van der Waals surface area (Å²) in [5, 5.41) is 0.978. The fourth-order valence-corrected chi connectivity index (χ4v) is 3.59. The molecule has 0 atom stereocenters. The topological polar surface area (TPSA) is 27.7 Å². The monoisotopic (exact) mass is 508 g/mol. The van der Waals surface area contributed by atoms with Crippen LogP contribution in [0.2, 0.25) is 0 Å². The van der Waals surface area contributed by atoms with Gasteiger partial charge in [0.05, 0.1) is 12.9 Å². The molecule has 0 amide bonds. The van der Waals surface area contributed by atoms with E-state index in [2.05, 4.69) is 58.4 Å². The van der Waals surface area contributed by atoms with Gasteiger partial charge in [0.25, 0.3) is 0 Å². The number of aryl methyl sites for hydroxylation is 1. The first kappa shape index (κ1) is 24.9. The molecule has 0 bridgehead atoms. The van der Waals surface area contributed by atoms with Crippen molar-refractivity contribution in [3.8, 4) is 11.5 Å². The zero-order valence-electron chi connectivity index (χ0n) is 19.1. The van der Waals surface area contributed by atoms with Crippen molar-refractivity contribution in [1.82, 2.24) is 0 Å². The van der Waals surface area contributed by atoms with Gasteiger partial charge in [-0.1, -0.05) is 76.6 Å². The number of allylic oxidation sites excluding steroid dienone is 1. The summed E-state index contributed by atoms with van der Waals surface area (Å²) in [4.78, 5) is 0. The van der Waals surface area contributed by atoms with E-state index in [1.807, 2.05) is 48.7 Å². The van der Waals surface area contributed by atoms with Gasteiger partial charge in [-0.25, -0.2) is 0 Å². The van der Waals surface area contributed by atoms with Crippen LogP contribution in [0.25, 0.3) is 0 Å². The van der Waals surface area contributed by atoms with Gasteiger partial charge in [0.2, 0.25) is 0 Å². The van der Waals surface area contributed by atoms with Gasteiger partial charge in [-0.3, -0.25) is 0 Å². The van der Waals surface area contributed by atoms with Crippen LogP contribution in [0.15, 0.2) is 91.2 Å². The summed E-state index contributed by atoms with van der Waals surface area (Å²) in [6, 6.07) is 26.7. The minimum absolute atomic E-state index is 0.544. The molecule has 3 aromatic carbocycles. The zero-order chi connectivity index (χ0) is 23.0. The molecule has 0 unspecified atom stereocenters. The summed E-state index contributed by atoms with van der Waals surface area (Å²) in [6.07, 6.45) is 9.21. The predicted octanol–water partition coefficient (Wildman–Crippen LogP) is 7.87. The smallest absolute Gasteiger partial charge is 0.123 e. The Morgan fingerprint density at radius 3 is 1.85 bits per heavy atom. The van der Waals surface area contributed by atoms with Crippen molar-refractivity contribution in [2.75, 3.05) is 11.9 Å². The van der Waals surface area contributed by atoms with Crippen LogP contribution < -0.4 is 9.47 Å². The minimum atomic E-state index is 0.544. The van der Waals surface area contributed by atoms with Crippen LogP contribution in [-0.2, 0) is 24.4 Å². The van der Waals surface area contributed by atoms with Crippen molar-refractivity contribution in [2.24, 2.45) is 0 Å². The molecule has 0 spiro atoms. The lowest BCUT2D eigenvalue weighted by atomic mass is 10.1. The van der Waals surface area contributed by atoms with E-state index < -0.39 is 0 Å². The number of alkyl halides is 1. The highest BCUT2D eigenvalue weighted by Gasteiger charge is 2.05. The first-order valence-electron chi connectivity index (χ1n) is 11.6. The Balaban J connectivity index is 1.55. The third-order valence-electron chi connectivity index (χ3n) is 5.11. The lowest BCUT2D eigenvalue weighted by molar-refractivity contribution is 0.250. The molecule has 0 aliphatic heterocycles. The Bertz CT molecular complexity index is 880. The van der Waals surface area contributed by atoms with E-state index in [-0.39, 0.29) is 0 Å². The molecule has 0 aliphatic rings.